The van der Waals surface area contributed by atoms with Crippen LogP contribution in [0, 0.1) is 6.92 Å². The van der Waals surface area contributed by atoms with E-state index < -0.39 is 0 Å². The van der Waals surface area contributed by atoms with E-state index in [1.54, 1.807) is 10.9 Å². The first kappa shape index (κ1) is 17.6. The highest BCUT2D eigenvalue weighted by Gasteiger charge is 2.26. The predicted molar refractivity (Wildman–Crippen MR) is 99.3 cm³/mol. The van der Waals surface area contributed by atoms with Gasteiger partial charge in [0.15, 0.2) is 0 Å². The van der Waals surface area contributed by atoms with E-state index >= 15 is 0 Å². The van der Waals surface area contributed by atoms with Gasteiger partial charge >= 0.3 is 0 Å². The van der Waals surface area contributed by atoms with Crippen LogP contribution in [0.15, 0.2) is 36.5 Å². The zero-order chi connectivity index (χ0) is 17.8. The first-order valence-electron chi connectivity index (χ1n) is 8.78. The second-order valence-corrected chi connectivity index (χ2v) is 6.89. The molecule has 1 aliphatic rings. The maximum Gasteiger partial charge on any atom is 0.238 e. The van der Waals surface area contributed by atoms with Crippen LogP contribution >= 0.6 is 0 Å². The molecule has 1 aromatic carbocycles. The average Bonchev–Trinajstić information content (AvgIpc) is 3.18. The normalized spacial score (nSPS) is 18.0. The highest BCUT2D eigenvalue weighted by Crippen LogP contribution is 2.17. The molecule has 1 aliphatic heterocycles. The molecule has 0 aliphatic carbocycles. The van der Waals surface area contributed by atoms with Crippen molar-refractivity contribution < 1.29 is 4.79 Å². The molecule has 1 atom stereocenters. The smallest absolute Gasteiger partial charge is 0.238 e. The number of aryl methyl sites for hydroxylation is 1. The predicted octanol–water partition coefficient (Wildman–Crippen LogP) is 1.87. The number of carbonyl (C=O) groups is 1. The van der Waals surface area contributed by atoms with Gasteiger partial charge in [-0.3, -0.25) is 19.3 Å². The largest absolute Gasteiger partial charge is 0.322 e. The molecule has 1 unspecified atom stereocenters. The highest BCUT2D eigenvalue weighted by molar-refractivity contribution is 5.92. The van der Waals surface area contributed by atoms with E-state index in [4.69, 9.17) is 0 Å². The lowest BCUT2D eigenvalue weighted by Gasteiger charge is -2.24. The molecule has 1 fully saturated rings. The maximum atomic E-state index is 12.3. The third-order valence-corrected chi connectivity index (χ3v) is 5.02. The Bertz CT molecular complexity index is 712. The number of likely N-dealkylation sites (tertiary alicyclic amines) is 1. The minimum Gasteiger partial charge on any atom is -0.322 e. The summed E-state index contributed by atoms with van der Waals surface area (Å²) < 4.78 is 1.76. The van der Waals surface area contributed by atoms with E-state index in [0.717, 1.165) is 37.4 Å². The fourth-order valence-corrected chi connectivity index (χ4v) is 3.32. The van der Waals surface area contributed by atoms with Gasteiger partial charge in [0.2, 0.25) is 5.91 Å². The van der Waals surface area contributed by atoms with Gasteiger partial charge in [-0.25, -0.2) is 0 Å². The summed E-state index contributed by atoms with van der Waals surface area (Å²) >= 11 is 0. The van der Waals surface area contributed by atoms with E-state index in [9.17, 15) is 4.79 Å². The minimum atomic E-state index is 0.0140. The molecule has 2 aromatic rings. The van der Waals surface area contributed by atoms with Crippen LogP contribution in [0.2, 0.25) is 0 Å². The van der Waals surface area contributed by atoms with Crippen LogP contribution in [0.3, 0.4) is 0 Å². The van der Waals surface area contributed by atoms with Gasteiger partial charge in [-0.15, -0.1) is 0 Å². The Morgan fingerprint density at radius 3 is 2.80 bits per heavy atom. The monoisotopic (exact) mass is 341 g/mol. The van der Waals surface area contributed by atoms with Crippen molar-refractivity contribution in [3.8, 4) is 0 Å². The Kier molecular flexibility index (Phi) is 5.50. The van der Waals surface area contributed by atoms with Gasteiger partial charge in [0.1, 0.15) is 0 Å². The first-order valence-corrected chi connectivity index (χ1v) is 8.78. The Balaban J connectivity index is 1.47. The van der Waals surface area contributed by atoms with E-state index in [2.05, 4.69) is 44.5 Å². The summed E-state index contributed by atoms with van der Waals surface area (Å²) in [5.41, 5.74) is 3.10. The van der Waals surface area contributed by atoms with Crippen LogP contribution in [-0.2, 0) is 18.4 Å². The minimum absolute atomic E-state index is 0.0140. The number of hydrogen-bond donors (Lipinski definition) is 1. The average molecular weight is 341 g/mol. The molecular weight excluding hydrogens is 314 g/mol. The molecule has 1 saturated heterocycles. The topological polar surface area (TPSA) is 53.4 Å². The number of benzene rings is 1. The number of nitrogens with zero attached hydrogens (tertiary/aromatic N) is 4. The SMILES string of the molecule is Cc1c(NC(=O)CN(C)C2CCN(Cc3ccccc3)C2)cnn1C. The molecule has 1 aromatic heterocycles. The Morgan fingerprint density at radius 1 is 1.36 bits per heavy atom. The number of amides is 1. The second kappa shape index (κ2) is 7.80. The van der Waals surface area contributed by atoms with Gasteiger partial charge in [0, 0.05) is 32.7 Å². The van der Waals surface area contributed by atoms with Crippen molar-refractivity contribution in [1.29, 1.82) is 0 Å². The summed E-state index contributed by atoms with van der Waals surface area (Å²) in [5, 5.41) is 7.12. The van der Waals surface area contributed by atoms with Crippen LogP contribution in [0.1, 0.15) is 17.7 Å². The molecule has 0 spiro atoms. The lowest BCUT2D eigenvalue weighted by molar-refractivity contribution is -0.117. The van der Waals surface area contributed by atoms with Crippen molar-refractivity contribution in [3.63, 3.8) is 0 Å². The molecule has 1 amide bonds. The van der Waals surface area contributed by atoms with Crippen molar-refractivity contribution >= 4 is 11.6 Å². The summed E-state index contributed by atoms with van der Waals surface area (Å²) in [6, 6.07) is 11.0. The highest BCUT2D eigenvalue weighted by atomic mass is 16.2. The van der Waals surface area contributed by atoms with Crippen LogP contribution in [-0.4, -0.2) is 58.2 Å². The van der Waals surface area contributed by atoms with E-state index in [0.29, 0.717) is 12.6 Å². The van der Waals surface area contributed by atoms with Gasteiger partial charge < -0.3 is 5.32 Å². The number of anilines is 1. The molecule has 25 heavy (non-hydrogen) atoms. The quantitative estimate of drug-likeness (QED) is 0.872. The van der Waals surface area contributed by atoms with Crippen molar-refractivity contribution in [1.82, 2.24) is 19.6 Å². The van der Waals surface area contributed by atoms with Gasteiger partial charge in [0.25, 0.3) is 0 Å². The van der Waals surface area contributed by atoms with E-state index in [1.807, 2.05) is 27.1 Å². The Morgan fingerprint density at radius 2 is 2.12 bits per heavy atom. The fraction of sp³-hybridized carbons (Fsp3) is 0.474. The van der Waals surface area contributed by atoms with Crippen molar-refractivity contribution in [2.45, 2.75) is 25.9 Å². The van der Waals surface area contributed by atoms with Gasteiger partial charge in [0.05, 0.1) is 24.1 Å². The van der Waals surface area contributed by atoms with Gasteiger partial charge in [-0.2, -0.15) is 5.10 Å². The summed E-state index contributed by atoms with van der Waals surface area (Å²) in [5.74, 6) is 0.0140. The van der Waals surface area contributed by atoms with E-state index in [-0.39, 0.29) is 5.91 Å². The van der Waals surface area contributed by atoms with Crippen LogP contribution in [0.5, 0.6) is 0 Å². The van der Waals surface area contributed by atoms with Crippen LogP contribution in [0.4, 0.5) is 5.69 Å². The lowest BCUT2D eigenvalue weighted by Crippen LogP contribution is -2.39. The van der Waals surface area contributed by atoms with Crippen molar-refractivity contribution in [2.24, 2.45) is 7.05 Å². The molecule has 2 heterocycles. The molecule has 0 saturated carbocycles. The van der Waals surface area contributed by atoms with Crippen LogP contribution in [0.25, 0.3) is 0 Å². The maximum absolute atomic E-state index is 12.3. The lowest BCUT2D eigenvalue weighted by atomic mass is 10.2. The van der Waals surface area contributed by atoms with Gasteiger partial charge in [-0.05, 0) is 26.0 Å². The third-order valence-electron chi connectivity index (χ3n) is 5.02. The zero-order valence-electron chi connectivity index (χ0n) is 15.3. The number of hydrogen-bond acceptors (Lipinski definition) is 4. The molecule has 0 radical (unpaired) electrons. The molecule has 3 rings (SSSR count). The summed E-state index contributed by atoms with van der Waals surface area (Å²) in [7, 11) is 3.91. The molecular formula is C19H27N5O. The van der Waals surface area contributed by atoms with Crippen molar-refractivity contribution in [3.05, 3.63) is 47.8 Å². The van der Waals surface area contributed by atoms with Crippen LogP contribution < -0.4 is 5.32 Å². The molecule has 6 nitrogen and oxygen atoms in total. The number of nitrogens with one attached hydrogen (secondary N) is 1. The number of aromatic nitrogens is 2. The Hall–Kier alpha value is -2.18. The molecule has 134 valence electrons. The molecule has 6 heteroatoms. The summed E-state index contributed by atoms with van der Waals surface area (Å²) in [6.45, 7) is 5.41. The number of rotatable bonds is 6. The van der Waals surface area contributed by atoms with E-state index in [1.165, 1.54) is 5.56 Å². The number of carbonyl (C=O) groups excluding carboxylic acids is 1. The zero-order valence-corrected chi connectivity index (χ0v) is 15.3. The fourth-order valence-electron chi connectivity index (χ4n) is 3.32. The first-order chi connectivity index (χ1) is 12.0. The summed E-state index contributed by atoms with van der Waals surface area (Å²) in [4.78, 5) is 16.9. The third kappa shape index (κ3) is 4.46. The number of likely N-dealkylation sites (N-methyl/N-ethyl adjacent to an activating group) is 1. The molecule has 1 N–H and O–H groups in total. The second-order valence-electron chi connectivity index (χ2n) is 6.89. The molecule has 0 bridgehead atoms. The standard InChI is InChI=1S/C19H27N5O/c1-15-18(11-20-23(15)3)21-19(25)14-22(2)17-9-10-24(13-17)12-16-7-5-4-6-8-16/h4-8,11,17H,9-10,12-14H2,1-3H3,(H,21,25). The van der Waals surface area contributed by atoms with Crippen molar-refractivity contribution in [2.75, 3.05) is 32.0 Å². The Labute approximate surface area is 149 Å². The summed E-state index contributed by atoms with van der Waals surface area (Å²) in [6.07, 6.45) is 2.80. The van der Waals surface area contributed by atoms with Gasteiger partial charge in [-0.1, -0.05) is 30.3 Å².